The highest BCUT2D eigenvalue weighted by Crippen LogP contribution is 2.30. The molecule has 0 fully saturated rings. The number of ether oxygens (including phenoxy) is 1. The maximum atomic E-state index is 6.49. The quantitative estimate of drug-likeness (QED) is 0.759. The van der Waals surface area contributed by atoms with Crippen LogP contribution in [0.3, 0.4) is 0 Å². The summed E-state index contributed by atoms with van der Waals surface area (Å²) >= 11 is 6.49. The highest BCUT2D eigenvalue weighted by atomic mass is 35.5. The summed E-state index contributed by atoms with van der Waals surface area (Å²) in [6.45, 7) is 9.23. The molecule has 0 saturated carbocycles. The zero-order valence-corrected chi connectivity index (χ0v) is 15.0. The number of nitrogens with zero attached hydrogens (tertiary/aromatic N) is 2. The topological polar surface area (TPSA) is 39.1 Å². The summed E-state index contributed by atoms with van der Waals surface area (Å²) in [7, 11) is 3.96. The van der Waals surface area contributed by atoms with E-state index in [-0.39, 0.29) is 11.6 Å². The summed E-state index contributed by atoms with van der Waals surface area (Å²) in [5, 5.41) is 8.75. The third-order valence-corrected chi connectivity index (χ3v) is 4.95. The molecule has 0 amide bonds. The molecule has 0 spiro atoms. The predicted octanol–water partition coefficient (Wildman–Crippen LogP) is 3.36. The van der Waals surface area contributed by atoms with Crippen LogP contribution in [0.5, 0.6) is 0 Å². The van der Waals surface area contributed by atoms with E-state index in [1.54, 1.807) is 0 Å². The monoisotopic (exact) mass is 315 g/mol. The number of nitrogens with one attached hydrogen (secondary N) is 1. The van der Waals surface area contributed by atoms with Gasteiger partial charge in [0.05, 0.1) is 22.0 Å². The van der Waals surface area contributed by atoms with Crippen molar-refractivity contribution in [2.75, 3.05) is 13.7 Å². The van der Waals surface area contributed by atoms with E-state index in [2.05, 4.69) is 38.1 Å². The highest BCUT2D eigenvalue weighted by Gasteiger charge is 2.36. The zero-order chi connectivity index (χ0) is 16.0. The zero-order valence-electron chi connectivity index (χ0n) is 14.3. The molecular weight excluding hydrogens is 286 g/mol. The number of rotatable bonds is 9. The van der Waals surface area contributed by atoms with Gasteiger partial charge in [-0.2, -0.15) is 5.10 Å². The fourth-order valence-corrected chi connectivity index (χ4v) is 3.49. The molecule has 1 heterocycles. The van der Waals surface area contributed by atoms with Gasteiger partial charge >= 0.3 is 0 Å². The van der Waals surface area contributed by atoms with Gasteiger partial charge in [-0.1, -0.05) is 32.4 Å². The summed E-state index contributed by atoms with van der Waals surface area (Å²) in [4.78, 5) is 0. The van der Waals surface area contributed by atoms with Gasteiger partial charge in [0.1, 0.15) is 0 Å². The second-order valence-electron chi connectivity index (χ2n) is 5.43. The van der Waals surface area contributed by atoms with E-state index in [4.69, 9.17) is 16.3 Å². The molecule has 0 aliphatic carbocycles. The normalized spacial score (nSPS) is 13.7. The Balaban J connectivity index is 3.08. The summed E-state index contributed by atoms with van der Waals surface area (Å²) in [6.07, 6.45) is 3.62. The maximum Gasteiger partial charge on any atom is 0.0850 e. The van der Waals surface area contributed by atoms with Gasteiger partial charge in [-0.25, -0.2) is 0 Å². The minimum absolute atomic E-state index is 0.163. The maximum absolute atomic E-state index is 6.49. The van der Waals surface area contributed by atoms with Crippen LogP contribution < -0.4 is 5.32 Å². The number of aryl methyl sites for hydroxylation is 2. The molecule has 1 atom stereocenters. The molecule has 1 aromatic rings. The smallest absolute Gasteiger partial charge is 0.0850 e. The molecule has 0 aliphatic rings. The fraction of sp³-hybridized carbons (Fsp3) is 0.812. The number of aromatic nitrogens is 2. The van der Waals surface area contributed by atoms with Crippen LogP contribution in [-0.4, -0.2) is 35.1 Å². The van der Waals surface area contributed by atoms with Gasteiger partial charge in [0.25, 0.3) is 0 Å². The molecule has 5 heteroatoms. The lowest BCUT2D eigenvalue weighted by molar-refractivity contribution is -0.0706. The van der Waals surface area contributed by atoms with Crippen molar-refractivity contribution in [3.05, 3.63) is 16.4 Å². The Morgan fingerprint density at radius 3 is 2.29 bits per heavy atom. The first-order chi connectivity index (χ1) is 9.99. The first kappa shape index (κ1) is 18.5. The van der Waals surface area contributed by atoms with E-state index >= 15 is 0 Å². The van der Waals surface area contributed by atoms with Crippen molar-refractivity contribution in [3.63, 3.8) is 0 Å². The minimum Gasteiger partial charge on any atom is -0.374 e. The Hall–Kier alpha value is -0.580. The van der Waals surface area contributed by atoms with E-state index in [9.17, 15) is 0 Å². The fourth-order valence-electron chi connectivity index (χ4n) is 3.12. The summed E-state index contributed by atoms with van der Waals surface area (Å²) in [6, 6.07) is 0.213. The van der Waals surface area contributed by atoms with Crippen molar-refractivity contribution < 1.29 is 4.74 Å². The summed E-state index contributed by atoms with van der Waals surface area (Å²) < 4.78 is 8.04. The molecule has 0 bridgehead atoms. The standard InChI is InChI=1S/C16H30ClN3O/c1-7-12-15(17)13(20(6)19-12)11-14(18-5)16(8-2,9-3)21-10-4/h14,18H,7-11H2,1-6H3. The van der Waals surface area contributed by atoms with Crippen molar-refractivity contribution in [1.29, 1.82) is 0 Å². The Bertz CT molecular complexity index is 441. The van der Waals surface area contributed by atoms with Gasteiger partial charge in [-0.15, -0.1) is 0 Å². The molecule has 21 heavy (non-hydrogen) atoms. The molecule has 0 radical (unpaired) electrons. The van der Waals surface area contributed by atoms with Gasteiger partial charge in [0.2, 0.25) is 0 Å². The van der Waals surface area contributed by atoms with Gasteiger partial charge in [0, 0.05) is 26.1 Å². The lowest BCUT2D eigenvalue weighted by Gasteiger charge is -2.39. The van der Waals surface area contributed by atoms with Crippen molar-refractivity contribution >= 4 is 11.6 Å². The molecule has 1 aromatic heterocycles. The molecule has 122 valence electrons. The Kier molecular flexibility index (Phi) is 7.17. The van der Waals surface area contributed by atoms with Crippen molar-refractivity contribution in [2.24, 2.45) is 7.05 Å². The van der Waals surface area contributed by atoms with Crippen molar-refractivity contribution in [1.82, 2.24) is 15.1 Å². The molecule has 0 aliphatic heterocycles. The van der Waals surface area contributed by atoms with Crippen LogP contribution in [0.15, 0.2) is 0 Å². The van der Waals surface area contributed by atoms with Crippen LogP contribution in [0.2, 0.25) is 5.02 Å². The summed E-state index contributed by atoms with van der Waals surface area (Å²) in [5.74, 6) is 0. The van der Waals surface area contributed by atoms with Crippen LogP contribution in [0.1, 0.15) is 51.9 Å². The first-order valence-electron chi connectivity index (χ1n) is 8.00. The van der Waals surface area contributed by atoms with Crippen LogP contribution in [0, 0.1) is 0 Å². The van der Waals surface area contributed by atoms with E-state index in [1.807, 2.05) is 18.8 Å². The summed E-state index contributed by atoms with van der Waals surface area (Å²) in [5.41, 5.74) is 1.89. The molecular formula is C16H30ClN3O. The van der Waals surface area contributed by atoms with Gasteiger partial charge in [-0.05, 0) is 33.2 Å². The van der Waals surface area contributed by atoms with Gasteiger partial charge in [-0.3, -0.25) is 4.68 Å². The lowest BCUT2D eigenvalue weighted by Crippen LogP contribution is -2.52. The van der Waals surface area contributed by atoms with Crippen molar-refractivity contribution in [2.45, 2.75) is 65.0 Å². The average Bonchev–Trinajstić information content (AvgIpc) is 2.77. The second kappa shape index (κ2) is 8.16. The Morgan fingerprint density at radius 1 is 1.29 bits per heavy atom. The molecule has 1 rings (SSSR count). The number of halogens is 1. The second-order valence-corrected chi connectivity index (χ2v) is 5.81. The van der Waals surface area contributed by atoms with E-state index in [1.165, 1.54) is 0 Å². The molecule has 1 N–H and O–H groups in total. The molecule has 1 unspecified atom stereocenters. The third kappa shape index (κ3) is 3.79. The Labute approximate surface area is 134 Å². The lowest BCUT2D eigenvalue weighted by atomic mass is 9.85. The van der Waals surface area contributed by atoms with E-state index in [0.717, 1.165) is 48.7 Å². The van der Waals surface area contributed by atoms with E-state index in [0.29, 0.717) is 0 Å². The van der Waals surface area contributed by atoms with Crippen LogP contribution >= 0.6 is 11.6 Å². The number of likely N-dealkylation sites (N-methyl/N-ethyl adjacent to an activating group) is 1. The largest absolute Gasteiger partial charge is 0.374 e. The number of hydrogen-bond donors (Lipinski definition) is 1. The first-order valence-corrected chi connectivity index (χ1v) is 8.38. The van der Waals surface area contributed by atoms with E-state index < -0.39 is 0 Å². The van der Waals surface area contributed by atoms with Crippen LogP contribution in [0.25, 0.3) is 0 Å². The Morgan fingerprint density at radius 2 is 1.90 bits per heavy atom. The molecule has 0 saturated heterocycles. The van der Waals surface area contributed by atoms with Crippen molar-refractivity contribution in [3.8, 4) is 0 Å². The highest BCUT2D eigenvalue weighted by molar-refractivity contribution is 6.31. The van der Waals surface area contributed by atoms with Crippen LogP contribution in [0.4, 0.5) is 0 Å². The SMILES string of the molecule is CCOC(CC)(CC)C(Cc1c(Cl)c(CC)nn1C)NC. The minimum atomic E-state index is -0.163. The van der Waals surface area contributed by atoms with Crippen LogP contribution in [-0.2, 0) is 24.6 Å². The number of hydrogen-bond acceptors (Lipinski definition) is 3. The van der Waals surface area contributed by atoms with Gasteiger partial charge < -0.3 is 10.1 Å². The third-order valence-electron chi connectivity index (χ3n) is 4.51. The van der Waals surface area contributed by atoms with Gasteiger partial charge in [0.15, 0.2) is 0 Å². The molecule has 4 nitrogen and oxygen atoms in total. The average molecular weight is 316 g/mol. The predicted molar refractivity (Wildman–Crippen MR) is 89.1 cm³/mol. The molecule has 0 aromatic carbocycles.